The molecule has 24 heavy (non-hydrogen) atoms. The van der Waals surface area contributed by atoms with Gasteiger partial charge in [0.1, 0.15) is 0 Å². The van der Waals surface area contributed by atoms with Crippen molar-refractivity contribution in [2.24, 2.45) is 0 Å². The van der Waals surface area contributed by atoms with Gasteiger partial charge in [-0.25, -0.2) is 0 Å². The molecule has 0 bridgehead atoms. The van der Waals surface area contributed by atoms with Gasteiger partial charge in [-0.1, -0.05) is 84.9 Å². The van der Waals surface area contributed by atoms with E-state index in [1.165, 1.54) is 38.7 Å². The smallest absolute Gasteiger partial charge is 0.0779 e. The molecule has 0 heterocycles. The zero-order chi connectivity index (χ0) is 15.9. The Morgan fingerprint density at radius 2 is 1.12 bits per heavy atom. The predicted octanol–water partition coefficient (Wildman–Crippen LogP) is 6.02. The van der Waals surface area contributed by atoms with Crippen molar-refractivity contribution in [3.8, 4) is 11.1 Å². The molecule has 4 aromatic carbocycles. The molecule has 1 aliphatic carbocycles. The van der Waals surface area contributed by atoms with E-state index in [-0.39, 0.29) is 6.04 Å². The lowest BCUT2D eigenvalue weighted by Gasteiger charge is -2.19. The van der Waals surface area contributed by atoms with E-state index in [1.54, 1.807) is 0 Å². The van der Waals surface area contributed by atoms with Crippen LogP contribution in [-0.2, 0) is 0 Å². The first-order valence-corrected chi connectivity index (χ1v) is 8.34. The van der Waals surface area contributed by atoms with Crippen LogP contribution in [0.2, 0.25) is 0 Å². The van der Waals surface area contributed by atoms with Gasteiger partial charge in [0.15, 0.2) is 0 Å². The van der Waals surface area contributed by atoms with Gasteiger partial charge < -0.3 is 5.32 Å². The van der Waals surface area contributed by atoms with Crippen molar-refractivity contribution in [2.45, 2.75) is 6.04 Å². The number of hydrogen-bond donors (Lipinski definition) is 1. The molecule has 1 heteroatoms. The van der Waals surface area contributed by atoms with Crippen LogP contribution in [0.25, 0.3) is 21.9 Å². The van der Waals surface area contributed by atoms with Gasteiger partial charge in [-0.2, -0.15) is 0 Å². The van der Waals surface area contributed by atoms with Crippen molar-refractivity contribution in [1.82, 2.24) is 0 Å². The molecular weight excluding hydrogens is 290 g/mol. The van der Waals surface area contributed by atoms with Crippen LogP contribution in [0.15, 0.2) is 91.0 Å². The monoisotopic (exact) mass is 307 g/mol. The normalized spacial score (nSPS) is 12.8. The lowest BCUT2D eigenvalue weighted by Crippen LogP contribution is -2.09. The molecule has 0 saturated heterocycles. The number of anilines is 1. The number of hydrogen-bond acceptors (Lipinski definition) is 1. The fourth-order valence-electron chi connectivity index (χ4n) is 3.82. The summed E-state index contributed by atoms with van der Waals surface area (Å²) in [7, 11) is 0. The molecule has 0 saturated carbocycles. The topological polar surface area (TPSA) is 12.0 Å². The van der Waals surface area contributed by atoms with E-state index < -0.39 is 0 Å². The molecule has 0 spiro atoms. The minimum absolute atomic E-state index is 0.197. The Hall–Kier alpha value is -3.06. The average Bonchev–Trinajstić information content (AvgIpc) is 2.97. The zero-order valence-electron chi connectivity index (χ0n) is 13.2. The second-order valence-electron chi connectivity index (χ2n) is 6.28. The third kappa shape index (κ3) is 1.95. The highest BCUT2D eigenvalue weighted by molar-refractivity contribution is 5.94. The van der Waals surface area contributed by atoms with Crippen LogP contribution in [0, 0.1) is 0 Å². The Morgan fingerprint density at radius 1 is 0.542 bits per heavy atom. The van der Waals surface area contributed by atoms with Crippen molar-refractivity contribution in [3.05, 3.63) is 102 Å². The number of rotatable bonds is 2. The van der Waals surface area contributed by atoms with E-state index >= 15 is 0 Å². The van der Waals surface area contributed by atoms with Crippen molar-refractivity contribution in [3.63, 3.8) is 0 Å². The van der Waals surface area contributed by atoms with E-state index in [4.69, 9.17) is 0 Å². The Morgan fingerprint density at radius 3 is 1.88 bits per heavy atom. The maximum absolute atomic E-state index is 3.80. The van der Waals surface area contributed by atoms with Gasteiger partial charge in [-0.15, -0.1) is 0 Å². The molecule has 4 aromatic rings. The van der Waals surface area contributed by atoms with Crippen LogP contribution in [0.1, 0.15) is 17.2 Å². The molecule has 5 rings (SSSR count). The van der Waals surface area contributed by atoms with Crippen molar-refractivity contribution in [1.29, 1.82) is 0 Å². The maximum atomic E-state index is 3.80. The standard InChI is InChI=1S/C23H17N/c1-2-10-17-16(8-1)9-7-15-22(17)24-23-20-13-5-3-11-18(20)19-12-4-6-14-21(19)23/h1-15,23-24H. The first-order chi connectivity index (χ1) is 11.9. The van der Waals surface area contributed by atoms with E-state index in [1.807, 2.05) is 0 Å². The van der Waals surface area contributed by atoms with E-state index in [0.717, 1.165) is 0 Å². The van der Waals surface area contributed by atoms with Gasteiger partial charge >= 0.3 is 0 Å². The Balaban J connectivity index is 1.67. The molecule has 0 radical (unpaired) electrons. The number of fused-ring (bicyclic) bond motifs is 4. The van der Waals surface area contributed by atoms with Crippen molar-refractivity contribution < 1.29 is 0 Å². The molecular formula is C23H17N. The van der Waals surface area contributed by atoms with Crippen LogP contribution in [0.4, 0.5) is 5.69 Å². The SMILES string of the molecule is c1ccc2c(c1)-c1ccccc1C2Nc1cccc2ccccc12. The number of benzene rings is 4. The molecule has 1 nitrogen and oxygen atoms in total. The molecule has 0 aliphatic heterocycles. The molecule has 1 aliphatic rings. The first-order valence-electron chi connectivity index (χ1n) is 8.34. The van der Waals surface area contributed by atoms with E-state index in [9.17, 15) is 0 Å². The Labute approximate surface area is 141 Å². The fraction of sp³-hybridized carbons (Fsp3) is 0.0435. The molecule has 1 N–H and O–H groups in total. The van der Waals surface area contributed by atoms with Gasteiger partial charge in [-0.05, 0) is 33.7 Å². The summed E-state index contributed by atoms with van der Waals surface area (Å²) in [5.41, 5.74) is 6.57. The van der Waals surface area contributed by atoms with Crippen LogP contribution in [0.5, 0.6) is 0 Å². The summed E-state index contributed by atoms with van der Waals surface area (Å²) in [5, 5.41) is 6.33. The van der Waals surface area contributed by atoms with Crippen LogP contribution in [-0.4, -0.2) is 0 Å². The minimum Gasteiger partial charge on any atom is -0.374 e. The average molecular weight is 307 g/mol. The third-order valence-corrected chi connectivity index (χ3v) is 4.92. The Kier molecular flexibility index (Phi) is 2.92. The second-order valence-corrected chi connectivity index (χ2v) is 6.28. The van der Waals surface area contributed by atoms with Gasteiger partial charge in [0, 0.05) is 11.1 Å². The fourth-order valence-corrected chi connectivity index (χ4v) is 3.82. The van der Waals surface area contributed by atoms with Crippen LogP contribution >= 0.6 is 0 Å². The summed E-state index contributed by atoms with van der Waals surface area (Å²) < 4.78 is 0. The summed E-state index contributed by atoms with van der Waals surface area (Å²) in [6, 6.07) is 32.6. The van der Waals surface area contributed by atoms with Gasteiger partial charge in [0.25, 0.3) is 0 Å². The van der Waals surface area contributed by atoms with Gasteiger partial charge in [-0.3, -0.25) is 0 Å². The summed E-state index contributed by atoms with van der Waals surface area (Å²) in [6.07, 6.45) is 0. The zero-order valence-corrected chi connectivity index (χ0v) is 13.2. The van der Waals surface area contributed by atoms with Crippen LogP contribution in [0.3, 0.4) is 0 Å². The molecule has 0 amide bonds. The summed E-state index contributed by atoms with van der Waals surface area (Å²) >= 11 is 0. The van der Waals surface area contributed by atoms with Gasteiger partial charge in [0.05, 0.1) is 6.04 Å². The minimum atomic E-state index is 0.197. The highest BCUT2D eigenvalue weighted by Gasteiger charge is 2.27. The van der Waals surface area contributed by atoms with Gasteiger partial charge in [0.2, 0.25) is 0 Å². The molecule has 0 unspecified atom stereocenters. The van der Waals surface area contributed by atoms with Crippen molar-refractivity contribution >= 4 is 16.5 Å². The lowest BCUT2D eigenvalue weighted by molar-refractivity contribution is 0.976. The second kappa shape index (κ2) is 5.24. The first kappa shape index (κ1) is 13.4. The molecule has 0 fully saturated rings. The lowest BCUT2D eigenvalue weighted by atomic mass is 10.0. The Bertz CT molecular complexity index is 998. The summed E-state index contributed by atoms with van der Waals surface area (Å²) in [5.74, 6) is 0. The third-order valence-electron chi connectivity index (χ3n) is 4.92. The van der Waals surface area contributed by atoms with E-state index in [0.29, 0.717) is 0 Å². The predicted molar refractivity (Wildman–Crippen MR) is 101 cm³/mol. The highest BCUT2D eigenvalue weighted by Crippen LogP contribution is 2.45. The maximum Gasteiger partial charge on any atom is 0.0779 e. The highest BCUT2D eigenvalue weighted by atomic mass is 14.9. The largest absolute Gasteiger partial charge is 0.374 e. The summed E-state index contributed by atoms with van der Waals surface area (Å²) in [6.45, 7) is 0. The molecule has 114 valence electrons. The molecule has 0 atom stereocenters. The van der Waals surface area contributed by atoms with E-state index in [2.05, 4.69) is 96.3 Å². The van der Waals surface area contributed by atoms with Crippen molar-refractivity contribution in [2.75, 3.05) is 5.32 Å². The summed E-state index contributed by atoms with van der Waals surface area (Å²) in [4.78, 5) is 0. The molecule has 0 aromatic heterocycles. The quantitative estimate of drug-likeness (QED) is 0.477. The number of nitrogens with one attached hydrogen (secondary N) is 1. The van der Waals surface area contributed by atoms with Crippen LogP contribution < -0.4 is 5.32 Å².